The molecule has 0 bridgehead atoms. The Morgan fingerprint density at radius 1 is 1.04 bits per heavy atom. The maximum atomic E-state index is 14.4. The van der Waals surface area contributed by atoms with Crippen molar-refractivity contribution in [2.75, 3.05) is 13.7 Å². The fourth-order valence-electron chi connectivity index (χ4n) is 4.34. The van der Waals surface area contributed by atoms with Gasteiger partial charge in [0, 0.05) is 5.56 Å². The van der Waals surface area contributed by atoms with Crippen molar-refractivity contribution in [2.45, 2.75) is 51.9 Å². The van der Waals surface area contributed by atoms with Crippen molar-refractivity contribution in [2.24, 2.45) is 11.8 Å². The van der Waals surface area contributed by atoms with Gasteiger partial charge in [-0.3, -0.25) is 0 Å². The van der Waals surface area contributed by atoms with E-state index >= 15 is 0 Å². The van der Waals surface area contributed by atoms with Crippen LogP contribution in [0.2, 0.25) is 0 Å². The fourth-order valence-corrected chi connectivity index (χ4v) is 4.34. The summed E-state index contributed by atoms with van der Waals surface area (Å²) >= 11 is 0. The van der Waals surface area contributed by atoms with Gasteiger partial charge in [-0.15, -0.1) is 0 Å². The van der Waals surface area contributed by atoms with Crippen molar-refractivity contribution in [3.8, 4) is 5.75 Å². The van der Waals surface area contributed by atoms with Crippen molar-refractivity contribution < 1.29 is 18.3 Å². The number of halogens is 2. The molecule has 0 saturated heterocycles. The Labute approximate surface area is 154 Å². The summed E-state index contributed by atoms with van der Waals surface area (Å²) in [6.07, 6.45) is 11.5. The number of allylic oxidation sites excluding steroid dienone is 3. The first-order valence-electron chi connectivity index (χ1n) is 9.65. The van der Waals surface area contributed by atoms with Gasteiger partial charge in [-0.05, 0) is 87.0 Å². The maximum Gasteiger partial charge on any atom is 0.201 e. The van der Waals surface area contributed by atoms with Crippen LogP contribution < -0.4 is 4.74 Å². The van der Waals surface area contributed by atoms with E-state index in [4.69, 9.17) is 9.47 Å². The average Bonchev–Trinajstić information content (AvgIpc) is 2.67. The van der Waals surface area contributed by atoms with Gasteiger partial charge < -0.3 is 9.47 Å². The molecule has 4 heteroatoms. The Bertz CT molecular complexity index is 684. The lowest BCUT2D eigenvalue weighted by molar-refractivity contribution is 0.251. The second kappa shape index (κ2) is 8.70. The summed E-state index contributed by atoms with van der Waals surface area (Å²) < 4.78 is 38.8. The number of benzene rings is 1. The van der Waals surface area contributed by atoms with Crippen LogP contribution in [0.15, 0.2) is 30.0 Å². The molecule has 2 aliphatic rings. The number of hydrogen-bond donors (Lipinski definition) is 0. The lowest BCUT2D eigenvalue weighted by Gasteiger charge is -2.33. The minimum atomic E-state index is -0.878. The molecular weight excluding hydrogens is 334 g/mol. The second-order valence-corrected chi connectivity index (χ2v) is 7.29. The van der Waals surface area contributed by atoms with E-state index in [0.717, 1.165) is 43.6 Å². The zero-order chi connectivity index (χ0) is 18.5. The minimum absolute atomic E-state index is 0.00911. The van der Waals surface area contributed by atoms with Crippen LogP contribution in [0.1, 0.15) is 57.4 Å². The normalized spacial score (nSPS) is 23.4. The van der Waals surface area contributed by atoms with Crippen LogP contribution in [0.3, 0.4) is 0 Å². The molecule has 0 aliphatic heterocycles. The van der Waals surface area contributed by atoms with Gasteiger partial charge in [0.1, 0.15) is 0 Å². The van der Waals surface area contributed by atoms with Crippen molar-refractivity contribution in [1.82, 2.24) is 0 Å². The highest BCUT2D eigenvalue weighted by Gasteiger charge is 2.28. The molecule has 26 heavy (non-hydrogen) atoms. The standard InChI is InChI=1S/C22H28F2O2/c1-3-26-20-13-12-19(21(23)22(20)24)18-10-8-17(9-11-18)16-6-4-15(5-7-16)14-25-2/h10,12-14,16-17H,3-9,11H2,1-2H3. The summed E-state index contributed by atoms with van der Waals surface area (Å²) in [5.41, 5.74) is 2.72. The van der Waals surface area contributed by atoms with Gasteiger partial charge in [-0.25, -0.2) is 4.39 Å². The predicted molar refractivity (Wildman–Crippen MR) is 99.9 cm³/mol. The van der Waals surface area contributed by atoms with Crippen molar-refractivity contribution >= 4 is 5.57 Å². The van der Waals surface area contributed by atoms with E-state index in [1.165, 1.54) is 24.5 Å². The Morgan fingerprint density at radius 3 is 2.38 bits per heavy atom. The third-order valence-corrected chi connectivity index (χ3v) is 5.77. The largest absolute Gasteiger partial charge is 0.504 e. The molecule has 1 atom stereocenters. The topological polar surface area (TPSA) is 18.5 Å². The zero-order valence-electron chi connectivity index (χ0n) is 15.7. The Morgan fingerprint density at radius 2 is 1.77 bits per heavy atom. The lowest BCUT2D eigenvalue weighted by Crippen LogP contribution is -2.20. The monoisotopic (exact) mass is 362 g/mol. The van der Waals surface area contributed by atoms with Crippen LogP contribution in [0.4, 0.5) is 8.78 Å². The third kappa shape index (κ3) is 4.11. The van der Waals surface area contributed by atoms with Gasteiger partial charge >= 0.3 is 0 Å². The van der Waals surface area contributed by atoms with E-state index in [0.29, 0.717) is 18.1 Å². The molecule has 1 saturated carbocycles. The Hall–Kier alpha value is -1.84. The molecule has 1 unspecified atom stereocenters. The fraction of sp³-hybridized carbons (Fsp3) is 0.545. The second-order valence-electron chi connectivity index (χ2n) is 7.29. The summed E-state index contributed by atoms with van der Waals surface area (Å²) in [7, 11) is 1.70. The van der Waals surface area contributed by atoms with Crippen LogP contribution >= 0.6 is 0 Å². The number of rotatable bonds is 5. The van der Waals surface area contributed by atoms with Gasteiger partial charge in [-0.2, -0.15) is 4.39 Å². The van der Waals surface area contributed by atoms with Crippen LogP contribution in [-0.2, 0) is 4.74 Å². The Kier molecular flexibility index (Phi) is 6.33. The summed E-state index contributed by atoms with van der Waals surface area (Å²) in [5, 5.41) is 0. The van der Waals surface area contributed by atoms with Gasteiger partial charge in [-0.1, -0.05) is 6.08 Å². The Balaban J connectivity index is 1.65. The van der Waals surface area contributed by atoms with Crippen molar-refractivity contribution in [3.05, 3.63) is 47.2 Å². The van der Waals surface area contributed by atoms with Crippen LogP contribution in [-0.4, -0.2) is 13.7 Å². The van der Waals surface area contributed by atoms with E-state index in [1.54, 1.807) is 20.1 Å². The van der Waals surface area contributed by atoms with E-state index in [9.17, 15) is 8.78 Å². The first-order chi connectivity index (χ1) is 12.6. The summed E-state index contributed by atoms with van der Waals surface area (Å²) in [6.45, 7) is 2.08. The van der Waals surface area contributed by atoms with Gasteiger partial charge in [0.05, 0.1) is 20.0 Å². The van der Waals surface area contributed by atoms with E-state index in [1.807, 2.05) is 6.26 Å². The van der Waals surface area contributed by atoms with Crippen molar-refractivity contribution in [3.63, 3.8) is 0 Å². The van der Waals surface area contributed by atoms with E-state index in [-0.39, 0.29) is 5.75 Å². The average molecular weight is 362 g/mol. The van der Waals surface area contributed by atoms with Gasteiger partial charge in [0.2, 0.25) is 5.82 Å². The molecule has 3 rings (SSSR count). The molecule has 1 aromatic rings. The molecule has 0 N–H and O–H groups in total. The highest BCUT2D eigenvalue weighted by atomic mass is 19.2. The van der Waals surface area contributed by atoms with Crippen LogP contribution in [0, 0.1) is 23.5 Å². The quantitative estimate of drug-likeness (QED) is 0.575. The van der Waals surface area contributed by atoms with Gasteiger partial charge in [0.25, 0.3) is 0 Å². The first kappa shape index (κ1) is 18.9. The first-order valence-corrected chi connectivity index (χ1v) is 9.65. The minimum Gasteiger partial charge on any atom is -0.504 e. The molecule has 0 amide bonds. The molecule has 142 valence electrons. The maximum absolute atomic E-state index is 14.4. The summed E-state index contributed by atoms with van der Waals surface area (Å²) in [6, 6.07) is 3.19. The van der Waals surface area contributed by atoms with Crippen LogP contribution in [0.5, 0.6) is 5.75 Å². The molecule has 0 heterocycles. The summed E-state index contributed by atoms with van der Waals surface area (Å²) in [5.74, 6) is -0.294. The molecule has 0 aromatic heterocycles. The van der Waals surface area contributed by atoms with E-state index < -0.39 is 11.6 Å². The molecule has 1 aromatic carbocycles. The molecule has 0 radical (unpaired) electrons. The predicted octanol–water partition coefficient (Wildman–Crippen LogP) is 6.27. The number of hydrogen-bond acceptors (Lipinski definition) is 2. The number of methoxy groups -OCH3 is 1. The highest BCUT2D eigenvalue weighted by Crippen LogP contribution is 2.41. The van der Waals surface area contributed by atoms with Crippen LogP contribution in [0.25, 0.3) is 5.57 Å². The van der Waals surface area contributed by atoms with Gasteiger partial charge in [0.15, 0.2) is 11.6 Å². The SMILES string of the molecule is CCOc1ccc(C2=CCC(C3CCC(=COC)CC3)CC2)c(F)c1F. The molecule has 1 fully saturated rings. The number of ether oxygens (including phenoxy) is 2. The van der Waals surface area contributed by atoms with Crippen molar-refractivity contribution in [1.29, 1.82) is 0 Å². The highest BCUT2D eigenvalue weighted by molar-refractivity contribution is 5.67. The molecule has 2 aliphatic carbocycles. The zero-order valence-corrected chi connectivity index (χ0v) is 15.7. The lowest BCUT2D eigenvalue weighted by atomic mass is 9.72. The molecule has 2 nitrogen and oxygen atoms in total. The van der Waals surface area contributed by atoms with E-state index in [2.05, 4.69) is 6.08 Å². The smallest absolute Gasteiger partial charge is 0.201 e. The third-order valence-electron chi connectivity index (χ3n) is 5.77. The molecular formula is C22H28F2O2. The molecule has 0 spiro atoms. The summed E-state index contributed by atoms with van der Waals surface area (Å²) in [4.78, 5) is 0.